The smallest absolute Gasteiger partial charge is 0.335 e. The van der Waals surface area contributed by atoms with Crippen molar-refractivity contribution in [3.8, 4) is 0 Å². The highest BCUT2D eigenvalue weighted by Gasteiger charge is 2.22. The molecule has 0 saturated carbocycles. The molecule has 37 heavy (non-hydrogen) atoms. The van der Waals surface area contributed by atoms with E-state index in [0.29, 0.717) is 26.2 Å². The second kappa shape index (κ2) is 13.7. The van der Waals surface area contributed by atoms with Crippen LogP contribution in [0, 0.1) is 0 Å². The molecule has 1 saturated heterocycles. The van der Waals surface area contributed by atoms with Crippen LogP contribution in [0.25, 0.3) is 0 Å². The second-order valence-electron chi connectivity index (χ2n) is 8.36. The number of carbonyl (C=O) groups is 7. The van der Waals surface area contributed by atoms with Crippen molar-refractivity contribution < 1.29 is 38.7 Å². The summed E-state index contributed by atoms with van der Waals surface area (Å²) in [4.78, 5) is 86.8. The number of likely N-dealkylation sites (N-methyl/N-ethyl adjacent to an activating group) is 1. The largest absolute Gasteiger partial charge is 0.478 e. The molecule has 0 spiro atoms. The topological polar surface area (TPSA) is 194 Å². The molecule has 1 aromatic rings. The first-order chi connectivity index (χ1) is 17.5. The highest BCUT2D eigenvalue weighted by atomic mass is 16.4. The van der Waals surface area contributed by atoms with Crippen LogP contribution < -0.4 is 21.3 Å². The third-order valence-corrected chi connectivity index (χ3v) is 5.51. The molecule has 1 heterocycles. The lowest BCUT2D eigenvalue weighted by atomic mass is 10.1. The van der Waals surface area contributed by atoms with Gasteiger partial charge in [-0.15, -0.1) is 0 Å². The van der Waals surface area contributed by atoms with Crippen molar-refractivity contribution in [2.45, 2.75) is 13.0 Å². The molecule has 0 radical (unpaired) electrons. The Bertz CT molecular complexity index is 1050. The molecule has 14 nitrogen and oxygen atoms in total. The van der Waals surface area contributed by atoms with E-state index in [2.05, 4.69) is 26.2 Å². The van der Waals surface area contributed by atoms with Crippen molar-refractivity contribution in [1.82, 2.24) is 31.1 Å². The average Bonchev–Trinajstić information content (AvgIpc) is 2.88. The molecule has 1 aliphatic rings. The molecule has 1 atom stereocenters. The van der Waals surface area contributed by atoms with Crippen molar-refractivity contribution in [2.24, 2.45) is 0 Å². The molecule has 0 bridgehead atoms. The molecule has 1 aromatic carbocycles. The van der Waals surface area contributed by atoms with Crippen LogP contribution in [0.3, 0.4) is 0 Å². The summed E-state index contributed by atoms with van der Waals surface area (Å²) in [6.07, 6.45) is 0. The maximum Gasteiger partial charge on any atom is 0.335 e. The van der Waals surface area contributed by atoms with Gasteiger partial charge in [-0.1, -0.05) is 0 Å². The van der Waals surface area contributed by atoms with Crippen LogP contribution in [0.1, 0.15) is 27.6 Å². The molecular formula is C23H30N6O8. The summed E-state index contributed by atoms with van der Waals surface area (Å²) < 4.78 is 0. The highest BCUT2D eigenvalue weighted by molar-refractivity contribution is 6.37. The van der Waals surface area contributed by atoms with E-state index < -0.39 is 54.5 Å². The summed E-state index contributed by atoms with van der Waals surface area (Å²) in [5.41, 5.74) is 0.148. The predicted octanol–water partition coefficient (Wildman–Crippen LogP) is -2.81. The monoisotopic (exact) mass is 518 g/mol. The van der Waals surface area contributed by atoms with E-state index in [9.17, 15) is 33.6 Å². The van der Waals surface area contributed by atoms with Crippen LogP contribution in [0.5, 0.6) is 0 Å². The molecule has 0 aromatic heterocycles. The number of aromatic carboxylic acids is 1. The van der Waals surface area contributed by atoms with Gasteiger partial charge < -0.3 is 36.2 Å². The summed E-state index contributed by atoms with van der Waals surface area (Å²) >= 11 is 0. The van der Waals surface area contributed by atoms with Gasteiger partial charge in [-0.2, -0.15) is 0 Å². The Morgan fingerprint density at radius 1 is 0.838 bits per heavy atom. The summed E-state index contributed by atoms with van der Waals surface area (Å²) in [6.45, 7) is 2.42. The lowest BCUT2D eigenvalue weighted by molar-refractivity contribution is -0.140. The fraction of sp³-hybridized carbons (Fsp3) is 0.435. The van der Waals surface area contributed by atoms with E-state index in [-0.39, 0.29) is 23.6 Å². The van der Waals surface area contributed by atoms with Gasteiger partial charge >= 0.3 is 5.97 Å². The van der Waals surface area contributed by atoms with Gasteiger partial charge in [0.1, 0.15) is 6.04 Å². The number of benzene rings is 1. The summed E-state index contributed by atoms with van der Waals surface area (Å²) in [5.74, 6) is -5.47. The third-order valence-electron chi connectivity index (χ3n) is 5.51. The van der Waals surface area contributed by atoms with Gasteiger partial charge in [0.25, 0.3) is 11.8 Å². The molecule has 200 valence electrons. The van der Waals surface area contributed by atoms with Crippen molar-refractivity contribution in [1.29, 1.82) is 0 Å². The maximum atomic E-state index is 12.1. The SMILES string of the molecule is C[C@H](NC(=O)CNC(=O)c1ccc(C(=O)O)cc1)C(=O)NCC(=O)C(=O)NCC(=O)N1CCN(C)CC1. The number of nitrogens with one attached hydrogen (secondary N) is 4. The number of carboxylic acids is 1. The second-order valence-corrected chi connectivity index (χ2v) is 8.36. The van der Waals surface area contributed by atoms with E-state index in [0.717, 1.165) is 0 Å². The minimum atomic E-state index is -1.14. The first kappa shape index (κ1) is 28.9. The Kier molecular flexibility index (Phi) is 10.7. The van der Waals surface area contributed by atoms with Crippen LogP contribution in [0.15, 0.2) is 24.3 Å². The molecule has 5 N–H and O–H groups in total. The standard InChI is InChI=1S/C23H30N6O8/c1-14(27-18(31)12-25-21(34)15-3-5-16(6-4-15)23(36)37)20(33)24-11-17(30)22(35)26-13-19(32)29-9-7-28(2)8-10-29/h3-6,14H,7-13H2,1-2H3,(H,24,33)(H,25,34)(H,26,35)(H,27,31)(H,36,37)/t14-/m0/s1. The number of piperazine rings is 1. The number of Topliss-reactive ketones (excluding diaryl/α,β-unsaturated/α-hetero) is 1. The Labute approximate surface area is 212 Å². The maximum absolute atomic E-state index is 12.1. The number of nitrogens with zero attached hydrogens (tertiary/aromatic N) is 2. The Morgan fingerprint density at radius 2 is 1.43 bits per heavy atom. The van der Waals surface area contributed by atoms with Crippen LogP contribution >= 0.6 is 0 Å². The van der Waals surface area contributed by atoms with Gasteiger partial charge in [0.05, 0.1) is 25.2 Å². The zero-order valence-electron chi connectivity index (χ0n) is 20.5. The minimum absolute atomic E-state index is 0.00392. The van der Waals surface area contributed by atoms with Gasteiger partial charge in [-0.3, -0.25) is 28.8 Å². The number of rotatable bonds is 11. The number of carboxylic acid groups (broad SMARTS) is 1. The van der Waals surface area contributed by atoms with Gasteiger partial charge in [0.15, 0.2) is 0 Å². The lowest BCUT2D eigenvalue weighted by Gasteiger charge is -2.32. The van der Waals surface area contributed by atoms with Crippen molar-refractivity contribution in [3.05, 3.63) is 35.4 Å². The number of hydrogen-bond donors (Lipinski definition) is 5. The van der Waals surface area contributed by atoms with Gasteiger partial charge in [0.2, 0.25) is 23.5 Å². The van der Waals surface area contributed by atoms with E-state index in [1.807, 2.05) is 7.05 Å². The van der Waals surface area contributed by atoms with Crippen molar-refractivity contribution in [2.75, 3.05) is 52.9 Å². The molecule has 0 unspecified atom stereocenters. The minimum Gasteiger partial charge on any atom is -0.478 e. The fourth-order valence-electron chi connectivity index (χ4n) is 3.21. The zero-order chi connectivity index (χ0) is 27.5. The molecule has 2 rings (SSSR count). The number of ketones is 1. The first-order valence-corrected chi connectivity index (χ1v) is 11.4. The van der Waals surface area contributed by atoms with Gasteiger partial charge in [0, 0.05) is 31.7 Å². The lowest BCUT2D eigenvalue weighted by Crippen LogP contribution is -2.51. The number of carbonyl (C=O) groups excluding carboxylic acids is 6. The molecule has 0 aliphatic carbocycles. The van der Waals surface area contributed by atoms with Gasteiger partial charge in [-0.05, 0) is 38.2 Å². The van der Waals surface area contributed by atoms with Crippen LogP contribution in [-0.4, -0.2) is 115 Å². The molecule has 5 amide bonds. The summed E-state index contributed by atoms with van der Waals surface area (Å²) in [7, 11) is 1.94. The van der Waals surface area contributed by atoms with E-state index in [1.54, 1.807) is 4.90 Å². The fourth-order valence-corrected chi connectivity index (χ4v) is 3.21. The van der Waals surface area contributed by atoms with E-state index in [1.165, 1.54) is 31.2 Å². The number of hydrogen-bond acceptors (Lipinski definition) is 8. The Balaban J connectivity index is 1.67. The molecule has 14 heteroatoms. The highest BCUT2D eigenvalue weighted by Crippen LogP contribution is 2.04. The van der Waals surface area contributed by atoms with E-state index >= 15 is 0 Å². The zero-order valence-corrected chi connectivity index (χ0v) is 20.5. The van der Waals surface area contributed by atoms with Crippen molar-refractivity contribution >= 4 is 41.3 Å². The quantitative estimate of drug-likeness (QED) is 0.192. The van der Waals surface area contributed by atoms with E-state index in [4.69, 9.17) is 5.11 Å². The molecule has 1 fully saturated rings. The Hall–Kier alpha value is -4.33. The van der Waals surface area contributed by atoms with Crippen LogP contribution in [-0.2, 0) is 24.0 Å². The van der Waals surface area contributed by atoms with Crippen LogP contribution in [0.4, 0.5) is 0 Å². The van der Waals surface area contributed by atoms with Gasteiger partial charge in [-0.25, -0.2) is 4.79 Å². The summed E-state index contributed by atoms with van der Waals surface area (Å²) in [5, 5.41) is 18.0. The average molecular weight is 519 g/mol. The Morgan fingerprint density at radius 3 is 2.03 bits per heavy atom. The normalized spacial score (nSPS) is 14.2. The number of amides is 5. The third kappa shape index (κ3) is 9.33. The van der Waals surface area contributed by atoms with Crippen molar-refractivity contribution in [3.63, 3.8) is 0 Å². The molecule has 1 aliphatic heterocycles. The first-order valence-electron chi connectivity index (χ1n) is 11.4. The van der Waals surface area contributed by atoms with Crippen LogP contribution in [0.2, 0.25) is 0 Å². The molecular weight excluding hydrogens is 488 g/mol. The predicted molar refractivity (Wildman–Crippen MR) is 128 cm³/mol. The summed E-state index contributed by atoms with van der Waals surface area (Å²) in [6, 6.07) is 4.01.